The summed E-state index contributed by atoms with van der Waals surface area (Å²) in [6.45, 7) is 0.173. The number of aromatic nitrogens is 1. The summed E-state index contributed by atoms with van der Waals surface area (Å²) in [5.74, 6) is -1.22. The molecule has 134 valence electrons. The summed E-state index contributed by atoms with van der Waals surface area (Å²) in [6, 6.07) is 13.3. The maximum atomic E-state index is 11.8. The van der Waals surface area contributed by atoms with Crippen LogP contribution in [0.5, 0.6) is 5.88 Å². The summed E-state index contributed by atoms with van der Waals surface area (Å²) >= 11 is 0.875. The Morgan fingerprint density at radius 3 is 2.65 bits per heavy atom. The average molecular weight is 371 g/mol. The number of rotatable bonds is 5. The largest absolute Gasteiger partial charge is 0.477 e. The SMILES string of the molecule is CN(C)C(=O)Nc1snc(OCc2cccc3ccccc23)c1C(=O)O. The van der Waals surface area contributed by atoms with Crippen molar-refractivity contribution in [2.24, 2.45) is 0 Å². The van der Waals surface area contributed by atoms with Crippen molar-refractivity contribution in [2.45, 2.75) is 6.61 Å². The molecule has 3 aromatic rings. The average Bonchev–Trinajstić information content (AvgIpc) is 3.02. The quantitative estimate of drug-likeness (QED) is 0.714. The molecule has 0 atom stereocenters. The molecule has 0 saturated carbocycles. The zero-order valence-electron chi connectivity index (χ0n) is 14.2. The molecule has 2 N–H and O–H groups in total. The maximum absolute atomic E-state index is 11.8. The van der Waals surface area contributed by atoms with Crippen molar-refractivity contribution in [1.82, 2.24) is 9.27 Å². The number of hydrogen-bond donors (Lipinski definition) is 2. The van der Waals surface area contributed by atoms with Crippen LogP contribution in [0.25, 0.3) is 10.8 Å². The van der Waals surface area contributed by atoms with Crippen molar-refractivity contribution in [3.63, 3.8) is 0 Å². The fourth-order valence-corrected chi connectivity index (χ4v) is 3.14. The van der Waals surface area contributed by atoms with E-state index in [1.165, 1.54) is 4.90 Å². The highest BCUT2D eigenvalue weighted by atomic mass is 32.1. The third-order valence-corrected chi connectivity index (χ3v) is 4.49. The predicted octanol–water partition coefficient (Wildman–Crippen LogP) is 3.67. The zero-order chi connectivity index (χ0) is 18.7. The molecular formula is C18H17N3O4S. The molecule has 8 heteroatoms. The molecule has 0 spiro atoms. The number of carboxylic acid groups (broad SMARTS) is 1. The Bertz CT molecular complexity index is 963. The number of hydrogen-bond acceptors (Lipinski definition) is 5. The number of nitrogens with zero attached hydrogens (tertiary/aromatic N) is 2. The first-order chi connectivity index (χ1) is 12.5. The highest BCUT2D eigenvalue weighted by Gasteiger charge is 2.24. The molecule has 0 aliphatic rings. The Morgan fingerprint density at radius 1 is 1.19 bits per heavy atom. The van der Waals surface area contributed by atoms with Gasteiger partial charge in [-0.3, -0.25) is 5.32 Å². The molecule has 0 radical (unpaired) electrons. The summed E-state index contributed by atoms with van der Waals surface area (Å²) in [7, 11) is 3.13. The highest BCUT2D eigenvalue weighted by molar-refractivity contribution is 7.11. The van der Waals surface area contributed by atoms with Gasteiger partial charge in [-0.15, -0.1) is 0 Å². The van der Waals surface area contributed by atoms with Gasteiger partial charge in [0.05, 0.1) is 0 Å². The molecule has 0 aliphatic carbocycles. The van der Waals surface area contributed by atoms with Crippen LogP contribution in [0.15, 0.2) is 42.5 Å². The van der Waals surface area contributed by atoms with Gasteiger partial charge in [-0.1, -0.05) is 42.5 Å². The molecule has 2 aromatic carbocycles. The van der Waals surface area contributed by atoms with Gasteiger partial charge in [-0.2, -0.15) is 4.37 Å². The maximum Gasteiger partial charge on any atom is 0.344 e. The van der Waals surface area contributed by atoms with Crippen LogP contribution in [0.1, 0.15) is 15.9 Å². The van der Waals surface area contributed by atoms with Crippen LogP contribution in [0.3, 0.4) is 0 Å². The van der Waals surface area contributed by atoms with Crippen molar-refractivity contribution in [3.05, 3.63) is 53.6 Å². The van der Waals surface area contributed by atoms with Gasteiger partial charge in [0.2, 0.25) is 5.88 Å². The lowest BCUT2D eigenvalue weighted by molar-refractivity contribution is 0.0693. The fourth-order valence-electron chi connectivity index (χ4n) is 2.42. The third kappa shape index (κ3) is 3.60. The molecule has 0 bridgehead atoms. The molecule has 2 amide bonds. The second-order valence-electron chi connectivity index (χ2n) is 5.75. The van der Waals surface area contributed by atoms with E-state index in [9.17, 15) is 14.7 Å². The van der Waals surface area contributed by atoms with E-state index in [2.05, 4.69) is 9.69 Å². The van der Waals surface area contributed by atoms with Gasteiger partial charge in [0.15, 0.2) is 5.56 Å². The van der Waals surface area contributed by atoms with E-state index in [-0.39, 0.29) is 23.1 Å². The number of carbonyl (C=O) groups is 2. The second-order valence-corrected chi connectivity index (χ2v) is 6.52. The number of carboxylic acids is 1. The van der Waals surface area contributed by atoms with Crippen molar-refractivity contribution < 1.29 is 19.4 Å². The lowest BCUT2D eigenvalue weighted by Crippen LogP contribution is -2.27. The molecule has 7 nitrogen and oxygen atoms in total. The number of anilines is 1. The molecule has 1 aromatic heterocycles. The van der Waals surface area contributed by atoms with Crippen LogP contribution in [-0.4, -0.2) is 40.5 Å². The Balaban J connectivity index is 1.84. The van der Waals surface area contributed by atoms with Crippen molar-refractivity contribution in [1.29, 1.82) is 0 Å². The first kappa shape index (κ1) is 17.7. The first-order valence-electron chi connectivity index (χ1n) is 7.78. The fraction of sp³-hybridized carbons (Fsp3) is 0.167. The second kappa shape index (κ2) is 7.40. The van der Waals surface area contributed by atoms with Crippen LogP contribution in [0.2, 0.25) is 0 Å². The number of carbonyl (C=O) groups excluding carboxylic acids is 1. The van der Waals surface area contributed by atoms with Gasteiger partial charge in [-0.25, -0.2) is 9.59 Å². The van der Waals surface area contributed by atoms with Gasteiger partial charge >= 0.3 is 12.0 Å². The van der Waals surface area contributed by atoms with E-state index in [1.54, 1.807) is 14.1 Å². The number of aromatic carboxylic acids is 1. The van der Waals surface area contributed by atoms with Crippen LogP contribution in [0, 0.1) is 0 Å². The molecule has 26 heavy (non-hydrogen) atoms. The topological polar surface area (TPSA) is 91.8 Å². The Kier molecular flexibility index (Phi) is 5.04. The smallest absolute Gasteiger partial charge is 0.344 e. The van der Waals surface area contributed by atoms with Crippen LogP contribution in [-0.2, 0) is 6.61 Å². The monoisotopic (exact) mass is 371 g/mol. The molecule has 1 heterocycles. The normalized spacial score (nSPS) is 10.5. The van der Waals surface area contributed by atoms with Gasteiger partial charge in [0.1, 0.15) is 11.6 Å². The van der Waals surface area contributed by atoms with Gasteiger partial charge in [-0.05, 0) is 27.9 Å². The Morgan fingerprint density at radius 2 is 1.92 bits per heavy atom. The minimum absolute atomic E-state index is 0.00973. The van der Waals surface area contributed by atoms with Gasteiger partial charge in [0.25, 0.3) is 0 Å². The number of nitrogens with one attached hydrogen (secondary N) is 1. The lowest BCUT2D eigenvalue weighted by Gasteiger charge is -2.11. The number of amides is 2. The van der Waals surface area contributed by atoms with Crippen molar-refractivity contribution in [3.8, 4) is 5.88 Å². The predicted molar refractivity (Wildman–Crippen MR) is 100 cm³/mol. The molecule has 0 saturated heterocycles. The van der Waals surface area contributed by atoms with Crippen LogP contribution < -0.4 is 10.1 Å². The summed E-state index contributed by atoms with van der Waals surface area (Å²) in [5, 5.41) is 14.2. The van der Waals surface area contributed by atoms with Crippen molar-refractivity contribution >= 4 is 39.3 Å². The molecule has 0 aliphatic heterocycles. The molecule has 0 fully saturated rings. The lowest BCUT2D eigenvalue weighted by atomic mass is 10.1. The van der Waals surface area contributed by atoms with E-state index < -0.39 is 12.0 Å². The standard InChI is InChI=1S/C18H17N3O4S/c1-21(2)18(24)19-16-14(17(22)23)15(20-26-16)25-10-12-8-5-7-11-6-3-4-9-13(11)12/h3-9H,10H2,1-2H3,(H,19,24)(H,22,23). The van der Waals surface area contributed by atoms with Crippen LogP contribution in [0.4, 0.5) is 9.80 Å². The van der Waals surface area contributed by atoms with E-state index in [0.29, 0.717) is 0 Å². The molecule has 0 unspecified atom stereocenters. The molecular weight excluding hydrogens is 354 g/mol. The third-order valence-electron chi connectivity index (χ3n) is 3.75. The number of benzene rings is 2. The van der Waals surface area contributed by atoms with Crippen molar-refractivity contribution in [2.75, 3.05) is 19.4 Å². The Hall–Kier alpha value is -3.13. The summed E-state index contributed by atoms with van der Waals surface area (Å²) < 4.78 is 9.72. The summed E-state index contributed by atoms with van der Waals surface area (Å²) in [4.78, 5) is 24.7. The number of ether oxygens (including phenoxy) is 1. The number of fused-ring (bicyclic) bond motifs is 1. The minimum atomic E-state index is -1.21. The minimum Gasteiger partial charge on any atom is -0.477 e. The van der Waals surface area contributed by atoms with E-state index >= 15 is 0 Å². The summed E-state index contributed by atoms with van der Waals surface area (Å²) in [5.41, 5.74) is 0.775. The Labute approximate surface area is 154 Å². The van der Waals surface area contributed by atoms with E-state index in [1.807, 2.05) is 42.5 Å². The summed E-state index contributed by atoms with van der Waals surface area (Å²) in [6.07, 6.45) is 0. The van der Waals surface area contributed by atoms with Gasteiger partial charge in [0, 0.05) is 14.1 Å². The van der Waals surface area contributed by atoms with E-state index in [0.717, 1.165) is 27.9 Å². The highest BCUT2D eigenvalue weighted by Crippen LogP contribution is 2.31. The molecule has 3 rings (SSSR count). The zero-order valence-corrected chi connectivity index (χ0v) is 15.0. The number of urea groups is 1. The first-order valence-corrected chi connectivity index (χ1v) is 8.55. The van der Waals surface area contributed by atoms with Gasteiger partial charge < -0.3 is 14.7 Å². The van der Waals surface area contributed by atoms with E-state index in [4.69, 9.17) is 4.74 Å². The van der Waals surface area contributed by atoms with Crippen LogP contribution >= 0.6 is 11.5 Å².